The van der Waals surface area contributed by atoms with Gasteiger partial charge in [-0.05, 0) is 75.4 Å². The Labute approximate surface area is 174 Å². The molecule has 0 radical (unpaired) electrons. The van der Waals surface area contributed by atoms with E-state index >= 15 is 0 Å². The molecule has 2 aromatic heterocycles. The average molecular weight is 397 g/mol. The highest BCUT2D eigenvalue weighted by Gasteiger charge is 2.24. The molecule has 158 valence electrons. The van der Waals surface area contributed by atoms with Crippen molar-refractivity contribution in [2.45, 2.75) is 77.0 Å². The van der Waals surface area contributed by atoms with Crippen LogP contribution in [0.2, 0.25) is 0 Å². The molecule has 3 heterocycles. The van der Waals surface area contributed by atoms with Gasteiger partial charge in [0, 0.05) is 12.1 Å². The zero-order valence-corrected chi connectivity index (χ0v) is 17.9. The van der Waals surface area contributed by atoms with Crippen LogP contribution >= 0.6 is 0 Å². The Morgan fingerprint density at radius 3 is 2.62 bits per heavy atom. The molecule has 1 aliphatic heterocycles. The van der Waals surface area contributed by atoms with E-state index in [2.05, 4.69) is 34.4 Å². The number of aromatic amines is 1. The van der Waals surface area contributed by atoms with Crippen LogP contribution in [0.4, 0.5) is 5.82 Å². The highest BCUT2D eigenvalue weighted by Crippen LogP contribution is 2.33. The number of hydrogen-bond donors (Lipinski definition) is 2. The molecule has 0 bridgehead atoms. The average Bonchev–Trinajstić information content (AvgIpc) is 2.97. The number of nitrogens with zero attached hydrogens (tertiary/aromatic N) is 2. The molecule has 1 saturated heterocycles. The van der Waals surface area contributed by atoms with Gasteiger partial charge in [-0.25, -0.2) is 4.98 Å². The summed E-state index contributed by atoms with van der Waals surface area (Å²) in [5.41, 5.74) is 3.43. The van der Waals surface area contributed by atoms with Crippen LogP contribution in [0.1, 0.15) is 82.6 Å². The van der Waals surface area contributed by atoms with Crippen molar-refractivity contribution in [3.05, 3.63) is 23.9 Å². The maximum Gasteiger partial charge on any atom is 0.228 e. The third kappa shape index (κ3) is 5.00. The molecular weight excluding hydrogens is 360 g/mol. The van der Waals surface area contributed by atoms with E-state index in [1.165, 1.54) is 76.6 Å². The lowest BCUT2D eigenvalue weighted by molar-refractivity contribution is -0.120. The molecule has 2 aliphatic rings. The minimum atomic E-state index is 0.146. The number of hydrogen-bond acceptors (Lipinski definition) is 3. The minimum absolute atomic E-state index is 0.146. The molecule has 1 saturated carbocycles. The highest BCUT2D eigenvalue weighted by atomic mass is 16.1. The Morgan fingerprint density at radius 2 is 1.90 bits per heavy atom. The molecule has 0 spiro atoms. The number of amides is 1. The van der Waals surface area contributed by atoms with Crippen LogP contribution in [0.5, 0.6) is 0 Å². The summed E-state index contributed by atoms with van der Waals surface area (Å²) in [6.45, 7) is 5.84. The van der Waals surface area contributed by atoms with Crippen LogP contribution in [0, 0.1) is 5.92 Å². The normalized spacial score (nSPS) is 20.0. The molecular formula is C24H36N4O. The first kappa shape index (κ1) is 20.4. The Morgan fingerprint density at radius 1 is 1.14 bits per heavy atom. The summed E-state index contributed by atoms with van der Waals surface area (Å²) in [5, 5.41) is 3.11. The lowest BCUT2D eigenvalue weighted by Crippen LogP contribution is -2.33. The molecule has 29 heavy (non-hydrogen) atoms. The first-order valence-electron chi connectivity index (χ1n) is 11.8. The van der Waals surface area contributed by atoms with Crippen molar-refractivity contribution < 1.29 is 4.79 Å². The van der Waals surface area contributed by atoms with Crippen molar-refractivity contribution in [1.29, 1.82) is 0 Å². The first-order chi connectivity index (χ1) is 14.2. The molecule has 2 fully saturated rings. The number of rotatable bonds is 6. The standard InChI is InChI=1S/C24H36N4O/c1-2-3-14-28-15-12-18(13-16-28)20-17-25-21-10-11-22(26-23(20)21)27-24(29)19-8-6-4-5-7-9-19/h10-11,17-19,25H,2-9,12-16H2,1H3,(H,26,27,29). The monoisotopic (exact) mass is 396 g/mol. The Bertz CT molecular complexity index is 798. The van der Waals surface area contributed by atoms with Crippen molar-refractivity contribution >= 4 is 22.8 Å². The smallest absolute Gasteiger partial charge is 0.228 e. The fraction of sp³-hybridized carbons (Fsp3) is 0.667. The summed E-state index contributed by atoms with van der Waals surface area (Å²) in [5.74, 6) is 1.56. The zero-order chi connectivity index (χ0) is 20.1. The van der Waals surface area contributed by atoms with Gasteiger partial charge in [-0.15, -0.1) is 0 Å². The van der Waals surface area contributed by atoms with Gasteiger partial charge in [0.25, 0.3) is 0 Å². The maximum atomic E-state index is 12.7. The topological polar surface area (TPSA) is 61.0 Å². The van der Waals surface area contributed by atoms with Gasteiger partial charge in [0.05, 0.1) is 11.0 Å². The second kappa shape index (κ2) is 9.75. The number of unbranched alkanes of at least 4 members (excludes halogenated alkanes) is 1. The molecule has 1 aliphatic carbocycles. The van der Waals surface area contributed by atoms with Crippen LogP contribution in [-0.4, -0.2) is 40.4 Å². The van der Waals surface area contributed by atoms with E-state index in [0.717, 1.165) is 23.9 Å². The summed E-state index contributed by atoms with van der Waals surface area (Å²) in [4.78, 5) is 23.6. The lowest BCUT2D eigenvalue weighted by atomic mass is 9.90. The van der Waals surface area contributed by atoms with Gasteiger partial charge in [0.1, 0.15) is 5.82 Å². The molecule has 1 amide bonds. The molecule has 2 N–H and O–H groups in total. The van der Waals surface area contributed by atoms with E-state index in [-0.39, 0.29) is 11.8 Å². The molecule has 5 heteroatoms. The molecule has 0 aromatic carbocycles. The third-order valence-corrected chi connectivity index (χ3v) is 6.88. The van der Waals surface area contributed by atoms with Crippen LogP contribution in [0.25, 0.3) is 11.0 Å². The van der Waals surface area contributed by atoms with E-state index in [1.54, 1.807) is 0 Å². The van der Waals surface area contributed by atoms with Crippen molar-refractivity contribution in [1.82, 2.24) is 14.9 Å². The lowest BCUT2D eigenvalue weighted by Gasteiger charge is -2.31. The van der Waals surface area contributed by atoms with Crippen LogP contribution < -0.4 is 5.32 Å². The Balaban J connectivity index is 1.43. The van der Waals surface area contributed by atoms with E-state index in [4.69, 9.17) is 4.98 Å². The molecule has 5 nitrogen and oxygen atoms in total. The van der Waals surface area contributed by atoms with Crippen molar-refractivity contribution in [3.8, 4) is 0 Å². The number of anilines is 1. The van der Waals surface area contributed by atoms with E-state index in [1.807, 2.05) is 6.07 Å². The van der Waals surface area contributed by atoms with E-state index in [9.17, 15) is 4.79 Å². The molecule has 4 rings (SSSR count). The van der Waals surface area contributed by atoms with Crippen LogP contribution in [-0.2, 0) is 4.79 Å². The van der Waals surface area contributed by atoms with Gasteiger partial charge in [-0.1, -0.05) is 39.0 Å². The second-order valence-corrected chi connectivity index (χ2v) is 8.98. The quantitative estimate of drug-likeness (QED) is 0.638. The SMILES string of the molecule is CCCCN1CCC(c2c[nH]c3ccc(NC(=O)C4CCCCCC4)nc23)CC1. The second-order valence-electron chi connectivity index (χ2n) is 8.98. The number of pyridine rings is 1. The van der Waals surface area contributed by atoms with Crippen molar-refractivity contribution in [2.24, 2.45) is 5.92 Å². The minimum Gasteiger partial charge on any atom is -0.360 e. The van der Waals surface area contributed by atoms with E-state index < -0.39 is 0 Å². The number of nitrogens with one attached hydrogen (secondary N) is 2. The highest BCUT2D eigenvalue weighted by molar-refractivity contribution is 5.93. The Hall–Kier alpha value is -1.88. The largest absolute Gasteiger partial charge is 0.360 e. The number of H-pyrrole nitrogens is 1. The van der Waals surface area contributed by atoms with Gasteiger partial charge >= 0.3 is 0 Å². The fourth-order valence-electron chi connectivity index (χ4n) is 5.02. The number of likely N-dealkylation sites (tertiary alicyclic amines) is 1. The summed E-state index contributed by atoms with van der Waals surface area (Å²) in [7, 11) is 0. The van der Waals surface area contributed by atoms with Gasteiger partial charge in [-0.2, -0.15) is 0 Å². The summed E-state index contributed by atoms with van der Waals surface area (Å²) >= 11 is 0. The molecule has 0 unspecified atom stereocenters. The maximum absolute atomic E-state index is 12.7. The fourth-order valence-corrected chi connectivity index (χ4v) is 5.02. The molecule has 2 aromatic rings. The van der Waals surface area contributed by atoms with E-state index in [0.29, 0.717) is 11.7 Å². The number of carbonyl (C=O) groups is 1. The van der Waals surface area contributed by atoms with Gasteiger partial charge in [0.15, 0.2) is 0 Å². The Kier molecular flexibility index (Phi) is 6.86. The van der Waals surface area contributed by atoms with Crippen molar-refractivity contribution in [3.63, 3.8) is 0 Å². The predicted octanol–water partition coefficient (Wildman–Crippen LogP) is 5.45. The van der Waals surface area contributed by atoms with Crippen molar-refractivity contribution in [2.75, 3.05) is 25.0 Å². The van der Waals surface area contributed by atoms with Gasteiger partial charge in [-0.3, -0.25) is 4.79 Å². The number of fused-ring (bicyclic) bond motifs is 1. The van der Waals surface area contributed by atoms with Gasteiger partial charge < -0.3 is 15.2 Å². The third-order valence-electron chi connectivity index (χ3n) is 6.88. The summed E-state index contributed by atoms with van der Waals surface area (Å²) in [6.07, 6.45) is 14.0. The molecule has 0 atom stereocenters. The van der Waals surface area contributed by atoms with Crippen LogP contribution in [0.3, 0.4) is 0 Å². The summed E-state index contributed by atoms with van der Waals surface area (Å²) < 4.78 is 0. The first-order valence-corrected chi connectivity index (χ1v) is 11.8. The summed E-state index contributed by atoms with van der Waals surface area (Å²) in [6, 6.07) is 4.00. The predicted molar refractivity (Wildman–Crippen MR) is 119 cm³/mol. The number of piperidine rings is 1. The zero-order valence-electron chi connectivity index (χ0n) is 17.9. The number of carbonyl (C=O) groups excluding carboxylic acids is 1. The van der Waals surface area contributed by atoms with Crippen LogP contribution in [0.15, 0.2) is 18.3 Å². The van der Waals surface area contributed by atoms with Gasteiger partial charge in [0.2, 0.25) is 5.91 Å². The number of aromatic nitrogens is 2.